The van der Waals surface area contributed by atoms with Gasteiger partial charge >= 0.3 is 11.7 Å². The van der Waals surface area contributed by atoms with Crippen molar-refractivity contribution in [2.24, 2.45) is 7.05 Å². The van der Waals surface area contributed by atoms with Crippen LogP contribution in [-0.2, 0) is 13.5 Å². The first-order valence-corrected chi connectivity index (χ1v) is 11.9. The molecule has 0 spiro atoms. The smallest absolute Gasteiger partial charge is 0.350 e. The molecule has 0 atom stereocenters. The Labute approximate surface area is 213 Å². The van der Waals surface area contributed by atoms with Crippen molar-refractivity contribution in [3.8, 4) is 16.8 Å². The van der Waals surface area contributed by atoms with E-state index in [2.05, 4.69) is 20.4 Å². The molecule has 4 heterocycles. The van der Waals surface area contributed by atoms with Crippen LogP contribution in [0.4, 0.5) is 16.3 Å². The average Bonchev–Trinajstić information content (AvgIpc) is 3.49. The van der Waals surface area contributed by atoms with Crippen LogP contribution in [0.3, 0.4) is 0 Å². The Morgan fingerprint density at radius 3 is 2.46 bits per heavy atom. The van der Waals surface area contributed by atoms with Crippen LogP contribution in [0.15, 0.2) is 66.1 Å². The van der Waals surface area contributed by atoms with Crippen molar-refractivity contribution >= 4 is 23.4 Å². The van der Waals surface area contributed by atoms with Gasteiger partial charge in [-0.15, -0.1) is 0 Å². The number of anilines is 2. The number of carbonyl (C=O) groups is 2. The van der Waals surface area contributed by atoms with E-state index in [0.29, 0.717) is 42.3 Å². The van der Waals surface area contributed by atoms with Crippen LogP contribution in [0, 0.1) is 0 Å². The van der Waals surface area contributed by atoms with Gasteiger partial charge in [-0.3, -0.25) is 19.6 Å². The lowest BCUT2D eigenvalue weighted by atomic mass is 9.98. The highest BCUT2D eigenvalue weighted by molar-refractivity contribution is 6.07. The van der Waals surface area contributed by atoms with E-state index in [1.54, 1.807) is 42.4 Å². The lowest BCUT2D eigenvalue weighted by Gasteiger charge is -2.21. The molecule has 1 saturated heterocycles. The normalized spacial score (nSPS) is 13.3. The summed E-state index contributed by atoms with van der Waals surface area (Å²) in [7, 11) is 3.16. The zero-order valence-corrected chi connectivity index (χ0v) is 20.8. The van der Waals surface area contributed by atoms with E-state index in [1.807, 2.05) is 37.3 Å². The van der Waals surface area contributed by atoms with Gasteiger partial charge in [0, 0.05) is 45.1 Å². The molecule has 0 radical (unpaired) electrons. The molecule has 4 aromatic rings. The number of nitrogens with zero attached hydrogens (tertiary/aromatic N) is 7. The SMILES string of the molecule is CCc1c(-c2ccc(-n3cnn(C)c3=O)cc2)ccnc1N1CCN(c2cncc(C(=O)NC)c2)C1=O. The average molecular weight is 499 g/mol. The third-order valence-electron chi connectivity index (χ3n) is 6.46. The fraction of sp³-hybridized carbons (Fsp3) is 0.231. The number of benzene rings is 1. The molecule has 1 aliphatic heterocycles. The molecule has 0 aliphatic carbocycles. The van der Waals surface area contributed by atoms with Gasteiger partial charge in [-0.25, -0.2) is 23.8 Å². The molecule has 37 heavy (non-hydrogen) atoms. The Morgan fingerprint density at radius 1 is 1.03 bits per heavy atom. The molecule has 11 nitrogen and oxygen atoms in total. The Kier molecular flexibility index (Phi) is 6.26. The first-order chi connectivity index (χ1) is 17.9. The highest BCUT2D eigenvalue weighted by Gasteiger charge is 2.33. The minimum absolute atomic E-state index is 0.221. The van der Waals surface area contributed by atoms with Gasteiger partial charge in [-0.2, -0.15) is 5.10 Å². The molecular formula is C26H26N8O3. The second-order valence-corrected chi connectivity index (χ2v) is 8.57. The molecule has 3 amide bonds. The summed E-state index contributed by atoms with van der Waals surface area (Å²) in [5.41, 5.74) is 4.30. The summed E-state index contributed by atoms with van der Waals surface area (Å²) in [6.45, 7) is 2.93. The van der Waals surface area contributed by atoms with Crippen molar-refractivity contribution in [3.05, 3.63) is 82.9 Å². The number of carbonyl (C=O) groups excluding carboxylic acids is 2. The molecule has 1 aliphatic rings. The molecule has 188 valence electrons. The topological polar surface area (TPSA) is 118 Å². The van der Waals surface area contributed by atoms with Crippen LogP contribution in [0.2, 0.25) is 0 Å². The summed E-state index contributed by atoms with van der Waals surface area (Å²) in [4.78, 5) is 49.7. The lowest BCUT2D eigenvalue weighted by Crippen LogP contribution is -2.33. The van der Waals surface area contributed by atoms with Gasteiger partial charge in [0.1, 0.15) is 12.1 Å². The fourth-order valence-electron chi connectivity index (χ4n) is 4.51. The van der Waals surface area contributed by atoms with E-state index in [1.165, 1.54) is 21.8 Å². The van der Waals surface area contributed by atoms with Crippen molar-refractivity contribution in [3.63, 3.8) is 0 Å². The number of aryl methyl sites for hydroxylation is 1. The summed E-state index contributed by atoms with van der Waals surface area (Å²) in [5, 5.41) is 6.58. The number of amides is 3. The summed E-state index contributed by atoms with van der Waals surface area (Å²) >= 11 is 0. The van der Waals surface area contributed by atoms with Crippen molar-refractivity contribution < 1.29 is 9.59 Å². The maximum atomic E-state index is 13.5. The number of hydrogen-bond acceptors (Lipinski definition) is 6. The van der Waals surface area contributed by atoms with Gasteiger partial charge in [-0.05, 0) is 41.8 Å². The number of rotatable bonds is 6. The minimum Gasteiger partial charge on any atom is -0.355 e. The van der Waals surface area contributed by atoms with E-state index in [-0.39, 0.29) is 17.6 Å². The van der Waals surface area contributed by atoms with E-state index >= 15 is 0 Å². The first kappa shape index (κ1) is 23.9. The van der Waals surface area contributed by atoms with Gasteiger partial charge in [0.25, 0.3) is 5.91 Å². The largest absolute Gasteiger partial charge is 0.355 e. The maximum Gasteiger partial charge on any atom is 0.350 e. The van der Waals surface area contributed by atoms with Crippen LogP contribution >= 0.6 is 0 Å². The van der Waals surface area contributed by atoms with Crippen molar-refractivity contribution in [1.82, 2.24) is 29.6 Å². The predicted molar refractivity (Wildman–Crippen MR) is 139 cm³/mol. The van der Waals surface area contributed by atoms with Gasteiger partial charge in [0.2, 0.25) is 0 Å². The maximum absolute atomic E-state index is 13.5. The van der Waals surface area contributed by atoms with Gasteiger partial charge in [0.05, 0.1) is 23.1 Å². The van der Waals surface area contributed by atoms with Crippen molar-refractivity contribution in [1.29, 1.82) is 0 Å². The van der Waals surface area contributed by atoms with E-state index in [9.17, 15) is 14.4 Å². The monoisotopic (exact) mass is 498 g/mol. The standard InChI is InChI=1S/C26H26N8O3/c1-4-21-22(17-5-7-19(8-6-17)34-16-30-31(3)25(34)36)9-10-29-23(21)33-12-11-32(26(33)37)20-13-18(14-28-15-20)24(35)27-2/h5-10,13-16H,4,11-12H2,1-3H3,(H,27,35). The molecule has 0 bridgehead atoms. The van der Waals surface area contributed by atoms with Gasteiger partial charge in [-0.1, -0.05) is 19.1 Å². The second-order valence-electron chi connectivity index (χ2n) is 8.57. The molecule has 5 rings (SSSR count). The molecule has 0 unspecified atom stereocenters. The predicted octanol–water partition coefficient (Wildman–Crippen LogP) is 2.40. The van der Waals surface area contributed by atoms with Crippen molar-refractivity contribution in [2.75, 3.05) is 29.9 Å². The molecule has 1 N–H and O–H groups in total. The van der Waals surface area contributed by atoms with Crippen LogP contribution in [0.1, 0.15) is 22.8 Å². The van der Waals surface area contributed by atoms with Gasteiger partial charge in [0.15, 0.2) is 0 Å². The summed E-state index contributed by atoms with van der Waals surface area (Å²) in [5.74, 6) is 0.343. The molecule has 11 heteroatoms. The third kappa shape index (κ3) is 4.24. The first-order valence-electron chi connectivity index (χ1n) is 11.9. The summed E-state index contributed by atoms with van der Waals surface area (Å²) < 4.78 is 2.76. The van der Waals surface area contributed by atoms with E-state index in [4.69, 9.17) is 0 Å². The Bertz CT molecular complexity index is 1540. The van der Waals surface area contributed by atoms with Gasteiger partial charge < -0.3 is 5.32 Å². The minimum atomic E-state index is -0.264. The molecular weight excluding hydrogens is 472 g/mol. The molecule has 0 saturated carbocycles. The number of hydrogen-bond donors (Lipinski definition) is 1. The number of nitrogens with one attached hydrogen (secondary N) is 1. The number of urea groups is 1. The molecule has 1 fully saturated rings. The van der Waals surface area contributed by atoms with E-state index < -0.39 is 0 Å². The summed E-state index contributed by atoms with van der Waals surface area (Å²) in [6.07, 6.45) is 6.90. The number of pyridine rings is 2. The van der Waals surface area contributed by atoms with E-state index in [0.717, 1.165) is 16.7 Å². The van der Waals surface area contributed by atoms with Crippen LogP contribution in [0.25, 0.3) is 16.8 Å². The van der Waals surface area contributed by atoms with Crippen LogP contribution in [-0.4, -0.2) is 56.4 Å². The zero-order chi connectivity index (χ0) is 26.1. The molecule has 1 aromatic carbocycles. The lowest BCUT2D eigenvalue weighted by molar-refractivity contribution is 0.0962. The third-order valence-corrected chi connectivity index (χ3v) is 6.46. The Balaban J connectivity index is 1.45. The zero-order valence-electron chi connectivity index (χ0n) is 20.8. The molecule has 3 aromatic heterocycles. The van der Waals surface area contributed by atoms with Crippen molar-refractivity contribution in [2.45, 2.75) is 13.3 Å². The van der Waals surface area contributed by atoms with Crippen LogP contribution in [0.5, 0.6) is 0 Å². The van der Waals surface area contributed by atoms with Crippen LogP contribution < -0.4 is 20.8 Å². The Morgan fingerprint density at radius 2 is 1.78 bits per heavy atom. The fourth-order valence-corrected chi connectivity index (χ4v) is 4.51. The second kappa shape index (κ2) is 9.69. The highest BCUT2D eigenvalue weighted by Crippen LogP contribution is 2.33. The Hall–Kier alpha value is -4.80. The highest BCUT2D eigenvalue weighted by atomic mass is 16.2. The summed E-state index contributed by atoms with van der Waals surface area (Å²) in [6, 6.07) is 11.0. The quantitative estimate of drug-likeness (QED) is 0.436. The number of aromatic nitrogens is 5.